The molecule has 1 heterocycles. The van der Waals surface area contributed by atoms with Gasteiger partial charge in [-0.2, -0.15) is 0 Å². The molecule has 86 valence electrons. The number of H-pyrrole nitrogens is 1. The van der Waals surface area contributed by atoms with Crippen molar-refractivity contribution in [2.75, 3.05) is 0 Å². The molecular formula is C11H11Cl3N2. The molecule has 0 amide bonds. The molecule has 0 aliphatic heterocycles. The van der Waals surface area contributed by atoms with Crippen molar-refractivity contribution in [3.63, 3.8) is 0 Å². The van der Waals surface area contributed by atoms with Crippen molar-refractivity contribution in [3.05, 3.63) is 40.7 Å². The number of nitrogens with one attached hydrogen (secondary N) is 1. The zero-order chi connectivity index (χ0) is 10.8. The SMILES string of the molecule is Cc1[nH]c(-c2cccc(Cl)c2)nc1CCl.Cl. The van der Waals surface area contributed by atoms with Gasteiger partial charge in [0.2, 0.25) is 0 Å². The number of imidazole rings is 1. The van der Waals surface area contributed by atoms with Gasteiger partial charge in [0.15, 0.2) is 0 Å². The molecule has 0 aliphatic rings. The van der Waals surface area contributed by atoms with E-state index in [1.54, 1.807) is 0 Å². The number of aromatic amines is 1. The van der Waals surface area contributed by atoms with Crippen molar-refractivity contribution in [2.45, 2.75) is 12.8 Å². The summed E-state index contributed by atoms with van der Waals surface area (Å²) in [6, 6.07) is 7.57. The second kappa shape index (κ2) is 5.58. The molecular weight excluding hydrogens is 266 g/mol. The lowest BCUT2D eigenvalue weighted by Crippen LogP contribution is -1.81. The predicted molar refractivity (Wildman–Crippen MR) is 70.6 cm³/mol. The molecule has 5 heteroatoms. The van der Waals surface area contributed by atoms with Crippen LogP contribution in [0.25, 0.3) is 11.4 Å². The van der Waals surface area contributed by atoms with E-state index in [-0.39, 0.29) is 12.4 Å². The van der Waals surface area contributed by atoms with Gasteiger partial charge in [0.25, 0.3) is 0 Å². The van der Waals surface area contributed by atoms with Gasteiger partial charge in [-0.1, -0.05) is 23.7 Å². The number of rotatable bonds is 2. The second-order valence-electron chi connectivity index (χ2n) is 3.30. The summed E-state index contributed by atoms with van der Waals surface area (Å²) >= 11 is 11.7. The molecule has 1 N–H and O–H groups in total. The minimum absolute atomic E-state index is 0. The van der Waals surface area contributed by atoms with Crippen LogP contribution in [-0.2, 0) is 5.88 Å². The molecule has 0 unspecified atom stereocenters. The number of aryl methyl sites for hydroxylation is 1. The molecule has 0 saturated carbocycles. The van der Waals surface area contributed by atoms with Crippen LogP contribution in [0.1, 0.15) is 11.4 Å². The van der Waals surface area contributed by atoms with Crippen LogP contribution >= 0.6 is 35.6 Å². The molecule has 0 radical (unpaired) electrons. The molecule has 0 spiro atoms. The molecule has 1 aromatic heterocycles. The van der Waals surface area contributed by atoms with E-state index in [1.165, 1.54) is 0 Å². The highest BCUT2D eigenvalue weighted by molar-refractivity contribution is 6.30. The molecule has 16 heavy (non-hydrogen) atoms. The van der Waals surface area contributed by atoms with E-state index in [4.69, 9.17) is 23.2 Å². The molecule has 2 rings (SSSR count). The quantitative estimate of drug-likeness (QED) is 0.819. The first kappa shape index (κ1) is 13.4. The summed E-state index contributed by atoms with van der Waals surface area (Å²) < 4.78 is 0. The Morgan fingerprint density at radius 2 is 2.12 bits per heavy atom. The summed E-state index contributed by atoms with van der Waals surface area (Å²) in [5, 5.41) is 0.703. The molecule has 2 aromatic rings. The summed E-state index contributed by atoms with van der Waals surface area (Å²) in [6.45, 7) is 1.96. The smallest absolute Gasteiger partial charge is 0.137 e. The van der Waals surface area contributed by atoms with E-state index >= 15 is 0 Å². The Morgan fingerprint density at radius 3 is 2.69 bits per heavy atom. The zero-order valence-corrected chi connectivity index (χ0v) is 11.0. The van der Waals surface area contributed by atoms with Crippen molar-refractivity contribution >= 4 is 35.6 Å². The van der Waals surface area contributed by atoms with Crippen molar-refractivity contribution in [3.8, 4) is 11.4 Å². The monoisotopic (exact) mass is 276 g/mol. The first-order valence-corrected chi connectivity index (χ1v) is 5.49. The van der Waals surface area contributed by atoms with Crippen LogP contribution in [0, 0.1) is 6.92 Å². The van der Waals surface area contributed by atoms with Crippen LogP contribution in [0.2, 0.25) is 5.02 Å². The summed E-state index contributed by atoms with van der Waals surface area (Å²) in [6.07, 6.45) is 0. The molecule has 1 aromatic carbocycles. The number of halogens is 3. The van der Waals surface area contributed by atoms with E-state index in [0.29, 0.717) is 10.9 Å². The average molecular weight is 278 g/mol. The first-order valence-electron chi connectivity index (χ1n) is 4.58. The molecule has 0 saturated heterocycles. The van der Waals surface area contributed by atoms with E-state index in [0.717, 1.165) is 22.8 Å². The summed E-state index contributed by atoms with van der Waals surface area (Å²) in [5.74, 6) is 1.23. The molecule has 2 nitrogen and oxygen atoms in total. The lowest BCUT2D eigenvalue weighted by atomic mass is 10.2. The maximum Gasteiger partial charge on any atom is 0.137 e. The highest BCUT2D eigenvalue weighted by atomic mass is 35.5. The zero-order valence-electron chi connectivity index (χ0n) is 8.63. The van der Waals surface area contributed by atoms with E-state index in [2.05, 4.69) is 9.97 Å². The van der Waals surface area contributed by atoms with Gasteiger partial charge in [0.05, 0.1) is 11.6 Å². The number of alkyl halides is 1. The predicted octanol–water partition coefficient (Wildman–Crippen LogP) is 4.20. The Labute approximate surface area is 110 Å². The van der Waals surface area contributed by atoms with Crippen LogP contribution < -0.4 is 0 Å². The largest absolute Gasteiger partial charge is 0.342 e. The maximum absolute atomic E-state index is 5.91. The lowest BCUT2D eigenvalue weighted by Gasteiger charge is -1.96. The van der Waals surface area contributed by atoms with Gasteiger partial charge in [-0.15, -0.1) is 24.0 Å². The van der Waals surface area contributed by atoms with Crippen LogP contribution in [0.4, 0.5) is 0 Å². The maximum atomic E-state index is 5.91. The van der Waals surface area contributed by atoms with Gasteiger partial charge in [0, 0.05) is 16.3 Å². The number of benzene rings is 1. The minimum Gasteiger partial charge on any atom is -0.342 e. The number of hydrogen-bond donors (Lipinski definition) is 1. The number of aromatic nitrogens is 2. The Balaban J connectivity index is 0.00000128. The molecule has 0 aliphatic carbocycles. The van der Waals surface area contributed by atoms with Crippen LogP contribution in [0.3, 0.4) is 0 Å². The number of hydrogen-bond acceptors (Lipinski definition) is 1. The third-order valence-electron chi connectivity index (χ3n) is 2.21. The summed E-state index contributed by atoms with van der Waals surface area (Å²) in [7, 11) is 0. The van der Waals surface area contributed by atoms with Gasteiger partial charge in [-0.25, -0.2) is 4.98 Å². The Kier molecular flexibility index (Phi) is 4.66. The van der Waals surface area contributed by atoms with Crippen molar-refractivity contribution in [1.82, 2.24) is 9.97 Å². The average Bonchev–Trinajstić information content (AvgIpc) is 2.60. The highest BCUT2D eigenvalue weighted by Gasteiger charge is 2.07. The standard InChI is InChI=1S/C11H10Cl2N2.ClH/c1-7-10(6-12)15-11(14-7)8-3-2-4-9(13)5-8;/h2-5H,6H2,1H3,(H,14,15);1H. The normalized spacial score (nSPS) is 9.94. The van der Waals surface area contributed by atoms with Crippen molar-refractivity contribution in [1.29, 1.82) is 0 Å². The van der Waals surface area contributed by atoms with Gasteiger partial charge >= 0.3 is 0 Å². The van der Waals surface area contributed by atoms with Gasteiger partial charge < -0.3 is 4.98 Å². The topological polar surface area (TPSA) is 28.7 Å². The van der Waals surface area contributed by atoms with Crippen molar-refractivity contribution < 1.29 is 0 Å². The highest BCUT2D eigenvalue weighted by Crippen LogP contribution is 2.21. The Hall–Kier alpha value is -0.700. The third-order valence-corrected chi connectivity index (χ3v) is 2.70. The minimum atomic E-state index is 0. The van der Waals surface area contributed by atoms with E-state index < -0.39 is 0 Å². The first-order chi connectivity index (χ1) is 7.20. The lowest BCUT2D eigenvalue weighted by molar-refractivity contribution is 1.18. The fourth-order valence-electron chi connectivity index (χ4n) is 1.40. The Bertz CT molecular complexity index is 480. The van der Waals surface area contributed by atoms with E-state index in [9.17, 15) is 0 Å². The number of nitrogens with zero attached hydrogens (tertiary/aromatic N) is 1. The van der Waals surface area contributed by atoms with Crippen LogP contribution in [0.15, 0.2) is 24.3 Å². The molecule has 0 bridgehead atoms. The van der Waals surface area contributed by atoms with Gasteiger partial charge in [-0.3, -0.25) is 0 Å². The van der Waals surface area contributed by atoms with Gasteiger partial charge in [-0.05, 0) is 19.1 Å². The molecule has 0 fully saturated rings. The Morgan fingerprint density at radius 1 is 1.38 bits per heavy atom. The van der Waals surface area contributed by atoms with Crippen molar-refractivity contribution in [2.24, 2.45) is 0 Å². The summed E-state index contributed by atoms with van der Waals surface area (Å²) in [5.41, 5.74) is 2.86. The van der Waals surface area contributed by atoms with Crippen LogP contribution in [-0.4, -0.2) is 9.97 Å². The van der Waals surface area contributed by atoms with Gasteiger partial charge in [0.1, 0.15) is 5.82 Å². The third kappa shape index (κ3) is 2.70. The second-order valence-corrected chi connectivity index (χ2v) is 4.00. The fourth-order valence-corrected chi connectivity index (χ4v) is 1.85. The summed E-state index contributed by atoms with van der Waals surface area (Å²) in [4.78, 5) is 7.58. The van der Waals surface area contributed by atoms with Crippen LogP contribution in [0.5, 0.6) is 0 Å². The van der Waals surface area contributed by atoms with E-state index in [1.807, 2.05) is 31.2 Å². The molecule has 0 atom stereocenters. The fraction of sp³-hybridized carbons (Fsp3) is 0.182.